The molecule has 0 aromatic heterocycles. The number of hydrogen-bond donors (Lipinski definition) is 3. The molecule has 0 atom stereocenters. The minimum Gasteiger partial charge on any atom is -0.480 e. The number of amides is 2. The highest BCUT2D eigenvalue weighted by atomic mass is 35.5. The summed E-state index contributed by atoms with van der Waals surface area (Å²) in [4.78, 5) is 29.3. The van der Waals surface area contributed by atoms with E-state index in [1.807, 2.05) is 17.0 Å². The van der Waals surface area contributed by atoms with Gasteiger partial charge in [-0.05, 0) is 50.2 Å². The van der Waals surface area contributed by atoms with Crippen molar-refractivity contribution in [2.75, 3.05) is 63.1 Å². The molecule has 0 aliphatic carbocycles. The van der Waals surface area contributed by atoms with Crippen molar-refractivity contribution in [3.63, 3.8) is 0 Å². The van der Waals surface area contributed by atoms with Gasteiger partial charge in [0, 0.05) is 50.6 Å². The molecule has 2 fully saturated rings. The third kappa shape index (κ3) is 7.22. The molecule has 1 aromatic carbocycles. The van der Waals surface area contributed by atoms with Gasteiger partial charge in [-0.3, -0.25) is 9.69 Å². The molecular weight excluding hydrogens is 417 g/mol. The van der Waals surface area contributed by atoms with Crippen LogP contribution in [-0.4, -0.2) is 85.8 Å². The topological polar surface area (TPSA) is 88.2 Å². The Labute approximate surface area is 184 Å². The summed E-state index contributed by atoms with van der Waals surface area (Å²) >= 11 is 0. The van der Waals surface area contributed by atoms with Crippen molar-refractivity contribution in [3.8, 4) is 0 Å². The van der Waals surface area contributed by atoms with E-state index < -0.39 is 5.97 Å². The summed E-state index contributed by atoms with van der Waals surface area (Å²) in [6.45, 7) is 5.46. The van der Waals surface area contributed by atoms with Gasteiger partial charge >= 0.3 is 12.0 Å². The van der Waals surface area contributed by atoms with E-state index in [2.05, 4.69) is 15.5 Å². The van der Waals surface area contributed by atoms with Crippen molar-refractivity contribution >= 4 is 48.2 Å². The van der Waals surface area contributed by atoms with E-state index in [4.69, 9.17) is 5.11 Å². The SMILES string of the molecule is CN(CC(=O)O)c1ccc(NC(=O)N2CCN(C3CCNCC3)CC2)cc1.Cl.Cl. The first-order valence-electron chi connectivity index (χ1n) is 9.56. The van der Waals surface area contributed by atoms with E-state index in [-0.39, 0.29) is 37.4 Å². The number of carboxylic acids is 1. The second kappa shape index (κ2) is 12.1. The second-order valence-electron chi connectivity index (χ2n) is 7.23. The summed E-state index contributed by atoms with van der Waals surface area (Å²) in [5, 5.41) is 15.2. The quantitative estimate of drug-likeness (QED) is 0.639. The number of likely N-dealkylation sites (N-methyl/N-ethyl adjacent to an activating group) is 1. The van der Waals surface area contributed by atoms with Crippen molar-refractivity contribution in [1.82, 2.24) is 15.1 Å². The van der Waals surface area contributed by atoms with Crippen molar-refractivity contribution in [2.24, 2.45) is 0 Å². The summed E-state index contributed by atoms with van der Waals surface area (Å²) < 4.78 is 0. The first kappa shape index (κ1) is 25.3. The Balaban J connectivity index is 0.00000210. The Morgan fingerprint density at radius 1 is 1.10 bits per heavy atom. The fraction of sp³-hybridized carbons (Fsp3) is 0.579. The number of carboxylic acid groups (broad SMARTS) is 1. The lowest BCUT2D eigenvalue weighted by Crippen LogP contribution is -2.54. The molecule has 2 saturated heterocycles. The fourth-order valence-corrected chi connectivity index (χ4v) is 3.76. The Morgan fingerprint density at radius 3 is 2.24 bits per heavy atom. The monoisotopic (exact) mass is 447 g/mol. The number of piperazine rings is 1. The summed E-state index contributed by atoms with van der Waals surface area (Å²) in [6.07, 6.45) is 2.38. The molecule has 2 aliphatic heterocycles. The van der Waals surface area contributed by atoms with Crippen LogP contribution in [0.5, 0.6) is 0 Å². The molecule has 0 unspecified atom stereocenters. The number of benzene rings is 1. The number of nitrogens with one attached hydrogen (secondary N) is 2. The predicted octanol–water partition coefficient (Wildman–Crippen LogP) is 1.95. The molecule has 164 valence electrons. The van der Waals surface area contributed by atoms with Gasteiger partial charge in [0.1, 0.15) is 6.54 Å². The van der Waals surface area contributed by atoms with Crippen LogP contribution in [-0.2, 0) is 4.79 Å². The number of anilines is 2. The van der Waals surface area contributed by atoms with Crippen molar-refractivity contribution < 1.29 is 14.7 Å². The number of aliphatic carboxylic acids is 1. The number of rotatable bonds is 5. The molecule has 10 heteroatoms. The van der Waals surface area contributed by atoms with Gasteiger partial charge in [0.15, 0.2) is 0 Å². The average Bonchev–Trinajstić information content (AvgIpc) is 2.69. The molecule has 0 bridgehead atoms. The van der Waals surface area contributed by atoms with E-state index in [0.29, 0.717) is 11.7 Å². The number of carbonyl (C=O) groups excluding carboxylic acids is 1. The van der Waals surface area contributed by atoms with Gasteiger partial charge in [-0.25, -0.2) is 4.79 Å². The van der Waals surface area contributed by atoms with Crippen molar-refractivity contribution in [2.45, 2.75) is 18.9 Å². The maximum Gasteiger partial charge on any atom is 0.323 e. The zero-order valence-corrected chi connectivity index (χ0v) is 18.3. The van der Waals surface area contributed by atoms with Crippen LogP contribution in [0, 0.1) is 0 Å². The van der Waals surface area contributed by atoms with Gasteiger partial charge in [-0.2, -0.15) is 0 Å². The second-order valence-corrected chi connectivity index (χ2v) is 7.23. The zero-order chi connectivity index (χ0) is 19.2. The molecule has 1 aromatic rings. The highest BCUT2D eigenvalue weighted by Gasteiger charge is 2.26. The lowest BCUT2D eigenvalue weighted by Gasteiger charge is -2.40. The van der Waals surface area contributed by atoms with Crippen LogP contribution in [0.25, 0.3) is 0 Å². The van der Waals surface area contributed by atoms with Crippen LogP contribution < -0.4 is 15.5 Å². The molecule has 2 heterocycles. The van der Waals surface area contributed by atoms with Crippen molar-refractivity contribution in [3.05, 3.63) is 24.3 Å². The molecule has 2 aliphatic rings. The smallest absolute Gasteiger partial charge is 0.323 e. The third-order valence-electron chi connectivity index (χ3n) is 5.36. The summed E-state index contributed by atoms with van der Waals surface area (Å²) in [6, 6.07) is 7.80. The maximum atomic E-state index is 12.5. The van der Waals surface area contributed by atoms with Crippen LogP contribution in [0.3, 0.4) is 0 Å². The summed E-state index contributed by atoms with van der Waals surface area (Å²) in [5.74, 6) is -0.876. The number of urea groups is 1. The summed E-state index contributed by atoms with van der Waals surface area (Å²) in [7, 11) is 1.73. The Kier molecular flexibility index (Phi) is 10.5. The number of hydrogen-bond acceptors (Lipinski definition) is 5. The van der Waals surface area contributed by atoms with Crippen LogP contribution in [0.2, 0.25) is 0 Å². The number of piperidine rings is 1. The lowest BCUT2D eigenvalue weighted by molar-refractivity contribution is -0.135. The summed E-state index contributed by atoms with van der Waals surface area (Å²) in [5.41, 5.74) is 1.51. The van der Waals surface area contributed by atoms with E-state index >= 15 is 0 Å². The minimum atomic E-state index is -0.876. The Morgan fingerprint density at radius 2 is 1.69 bits per heavy atom. The minimum absolute atomic E-state index is 0. The molecule has 0 saturated carbocycles. The van der Waals surface area contributed by atoms with Crippen LogP contribution in [0.1, 0.15) is 12.8 Å². The molecule has 3 rings (SSSR count). The zero-order valence-electron chi connectivity index (χ0n) is 16.7. The van der Waals surface area contributed by atoms with E-state index in [9.17, 15) is 9.59 Å². The van der Waals surface area contributed by atoms with Gasteiger partial charge in [0.25, 0.3) is 0 Å². The van der Waals surface area contributed by atoms with Gasteiger partial charge in [-0.15, -0.1) is 24.8 Å². The number of halogens is 2. The first-order valence-corrected chi connectivity index (χ1v) is 9.56. The number of carbonyl (C=O) groups is 2. The van der Waals surface area contributed by atoms with Gasteiger partial charge in [0.2, 0.25) is 0 Å². The fourth-order valence-electron chi connectivity index (χ4n) is 3.76. The highest BCUT2D eigenvalue weighted by Crippen LogP contribution is 2.18. The van der Waals surface area contributed by atoms with E-state index in [1.165, 1.54) is 12.8 Å². The molecular formula is C19H31Cl2N5O3. The largest absolute Gasteiger partial charge is 0.480 e. The van der Waals surface area contributed by atoms with E-state index in [1.54, 1.807) is 24.1 Å². The van der Waals surface area contributed by atoms with Gasteiger partial charge < -0.3 is 25.5 Å². The molecule has 0 radical (unpaired) electrons. The first-order chi connectivity index (χ1) is 13.0. The predicted molar refractivity (Wildman–Crippen MR) is 120 cm³/mol. The molecule has 0 spiro atoms. The third-order valence-corrected chi connectivity index (χ3v) is 5.36. The van der Waals surface area contributed by atoms with Gasteiger partial charge in [0.05, 0.1) is 0 Å². The Hall–Kier alpha value is -1.74. The molecule has 2 amide bonds. The number of nitrogens with zero attached hydrogens (tertiary/aromatic N) is 3. The molecule has 8 nitrogen and oxygen atoms in total. The average molecular weight is 448 g/mol. The van der Waals surface area contributed by atoms with Crippen LogP contribution >= 0.6 is 24.8 Å². The molecule has 29 heavy (non-hydrogen) atoms. The Bertz CT molecular complexity index is 648. The molecule has 3 N–H and O–H groups in total. The van der Waals surface area contributed by atoms with Crippen molar-refractivity contribution in [1.29, 1.82) is 0 Å². The maximum absolute atomic E-state index is 12.5. The standard InChI is InChI=1S/C19H29N5O3.2ClH/c1-22(14-18(25)26)16-4-2-15(3-5-16)21-19(27)24-12-10-23(11-13-24)17-6-8-20-9-7-17;;/h2-5,17,20H,6-14H2,1H3,(H,21,27)(H,25,26);2*1H. The van der Waals surface area contributed by atoms with E-state index in [0.717, 1.165) is 45.0 Å². The lowest BCUT2D eigenvalue weighted by atomic mass is 10.0. The van der Waals surface area contributed by atoms with Crippen LogP contribution in [0.4, 0.5) is 16.2 Å². The van der Waals surface area contributed by atoms with Gasteiger partial charge in [-0.1, -0.05) is 0 Å². The normalized spacial score (nSPS) is 17.6. The highest BCUT2D eigenvalue weighted by molar-refractivity contribution is 5.89. The van der Waals surface area contributed by atoms with Crippen LogP contribution in [0.15, 0.2) is 24.3 Å².